The Morgan fingerprint density at radius 1 is 1.13 bits per heavy atom. The van der Waals surface area contributed by atoms with Crippen molar-refractivity contribution in [3.05, 3.63) is 45.0 Å². The maximum Gasteiger partial charge on any atom is 0.342 e. The van der Waals surface area contributed by atoms with Gasteiger partial charge in [0.1, 0.15) is 10.8 Å². The van der Waals surface area contributed by atoms with Gasteiger partial charge in [0.15, 0.2) is 6.10 Å². The number of amides is 2. The molecular formula is C21H22ClFN2O4S. The van der Waals surface area contributed by atoms with E-state index in [0.29, 0.717) is 10.6 Å². The van der Waals surface area contributed by atoms with Crippen LogP contribution in [0.3, 0.4) is 0 Å². The van der Waals surface area contributed by atoms with Crippen molar-refractivity contribution >= 4 is 51.4 Å². The molecule has 3 rings (SSSR count). The Morgan fingerprint density at radius 3 is 2.53 bits per heavy atom. The van der Waals surface area contributed by atoms with E-state index in [1.165, 1.54) is 24.3 Å². The van der Waals surface area contributed by atoms with Gasteiger partial charge in [-0.25, -0.2) is 9.18 Å². The second kappa shape index (κ2) is 9.14. The van der Waals surface area contributed by atoms with Gasteiger partial charge in [0.2, 0.25) is 5.91 Å². The van der Waals surface area contributed by atoms with Crippen molar-refractivity contribution < 1.29 is 23.5 Å². The van der Waals surface area contributed by atoms with Gasteiger partial charge in [-0.2, -0.15) is 0 Å². The summed E-state index contributed by atoms with van der Waals surface area (Å²) in [5, 5.41) is 5.81. The van der Waals surface area contributed by atoms with Gasteiger partial charge in [0, 0.05) is 10.8 Å². The molecule has 0 radical (unpaired) electrons. The van der Waals surface area contributed by atoms with Crippen LogP contribution in [0.15, 0.2) is 18.2 Å². The molecule has 2 amide bonds. The van der Waals surface area contributed by atoms with E-state index < -0.39 is 23.8 Å². The highest BCUT2D eigenvalue weighted by Gasteiger charge is 2.30. The third-order valence-electron chi connectivity index (χ3n) is 4.73. The minimum absolute atomic E-state index is 0.0382. The third kappa shape index (κ3) is 4.82. The van der Waals surface area contributed by atoms with Crippen molar-refractivity contribution in [3.63, 3.8) is 0 Å². The largest absolute Gasteiger partial charge is 0.449 e. The lowest BCUT2D eigenvalue weighted by Crippen LogP contribution is -2.30. The smallest absolute Gasteiger partial charge is 0.342 e. The molecule has 0 saturated carbocycles. The number of nitrogens with one attached hydrogen (secondary N) is 2. The molecule has 0 saturated heterocycles. The molecule has 0 aliphatic heterocycles. The second-order valence-electron chi connectivity index (χ2n) is 7.37. The van der Waals surface area contributed by atoms with Crippen molar-refractivity contribution in [2.75, 3.05) is 10.6 Å². The molecule has 1 aliphatic rings. The summed E-state index contributed by atoms with van der Waals surface area (Å²) in [6.45, 7) is 4.97. The number of aryl methyl sites for hydroxylation is 1. The molecular weight excluding hydrogens is 431 g/mol. The lowest BCUT2D eigenvalue weighted by molar-refractivity contribution is -0.123. The maximum absolute atomic E-state index is 13.2. The molecule has 0 unspecified atom stereocenters. The van der Waals surface area contributed by atoms with Gasteiger partial charge in [-0.3, -0.25) is 9.59 Å². The number of ether oxygens (including phenoxy) is 1. The van der Waals surface area contributed by atoms with Crippen molar-refractivity contribution in [3.8, 4) is 0 Å². The summed E-state index contributed by atoms with van der Waals surface area (Å²) in [6, 6.07) is 3.57. The number of carbonyl (C=O) groups is 3. The van der Waals surface area contributed by atoms with Crippen LogP contribution in [0, 0.1) is 11.7 Å². The number of halogens is 2. The standard InChI is InChI=1S/C21H22ClFN2O4S/c1-10(2)18(26)25-20-17(13-5-4-6-16(13)30-20)21(28)29-11(3)19(27)24-15-8-7-12(23)9-14(15)22/h7-11H,4-6H2,1-3H3,(H,24,27)(H,25,26)/t11-/m1/s1. The average molecular weight is 453 g/mol. The lowest BCUT2D eigenvalue weighted by atomic mass is 10.1. The van der Waals surface area contributed by atoms with Crippen LogP contribution in [0.2, 0.25) is 5.02 Å². The van der Waals surface area contributed by atoms with Gasteiger partial charge in [-0.05, 0) is 49.9 Å². The Hall–Kier alpha value is -2.45. The molecule has 2 N–H and O–H groups in total. The normalized spacial score (nSPS) is 13.7. The van der Waals surface area contributed by atoms with Crippen LogP contribution < -0.4 is 10.6 Å². The molecule has 0 spiro atoms. The SMILES string of the molecule is CC(C)C(=O)Nc1sc2c(c1C(=O)O[C@H](C)C(=O)Nc1ccc(F)cc1Cl)CCC2. The summed E-state index contributed by atoms with van der Waals surface area (Å²) < 4.78 is 18.6. The van der Waals surface area contributed by atoms with Gasteiger partial charge in [0.25, 0.3) is 5.91 Å². The molecule has 6 nitrogen and oxygen atoms in total. The van der Waals surface area contributed by atoms with Crippen molar-refractivity contribution in [2.45, 2.75) is 46.1 Å². The summed E-state index contributed by atoms with van der Waals surface area (Å²) in [7, 11) is 0. The Balaban J connectivity index is 1.75. The topological polar surface area (TPSA) is 84.5 Å². The van der Waals surface area contributed by atoms with Crippen LogP contribution >= 0.6 is 22.9 Å². The van der Waals surface area contributed by atoms with Crippen LogP contribution in [0.5, 0.6) is 0 Å². The number of carbonyl (C=O) groups excluding carboxylic acids is 3. The minimum atomic E-state index is -1.12. The third-order valence-corrected chi connectivity index (χ3v) is 6.25. The molecule has 9 heteroatoms. The Labute approximate surface area is 182 Å². The molecule has 1 heterocycles. The molecule has 160 valence electrons. The van der Waals surface area contributed by atoms with Crippen LogP contribution in [0.1, 0.15) is 48.0 Å². The number of esters is 1. The van der Waals surface area contributed by atoms with Crippen LogP contribution in [0.4, 0.5) is 15.1 Å². The zero-order valence-electron chi connectivity index (χ0n) is 16.8. The zero-order valence-corrected chi connectivity index (χ0v) is 18.4. The Bertz CT molecular complexity index is 1010. The molecule has 1 atom stereocenters. The molecule has 0 bridgehead atoms. The van der Waals surface area contributed by atoms with Gasteiger partial charge in [-0.15, -0.1) is 11.3 Å². The summed E-state index contributed by atoms with van der Waals surface area (Å²) in [4.78, 5) is 38.5. The van der Waals surface area contributed by atoms with Crippen LogP contribution in [-0.4, -0.2) is 23.9 Å². The molecule has 1 aromatic carbocycles. The molecule has 1 aliphatic carbocycles. The highest BCUT2D eigenvalue weighted by Crippen LogP contribution is 2.40. The van der Waals surface area contributed by atoms with E-state index in [4.69, 9.17) is 16.3 Å². The van der Waals surface area contributed by atoms with E-state index in [9.17, 15) is 18.8 Å². The lowest BCUT2D eigenvalue weighted by Gasteiger charge is -2.15. The highest BCUT2D eigenvalue weighted by atomic mass is 35.5. The molecule has 2 aromatic rings. The number of benzene rings is 1. The first-order valence-corrected chi connectivity index (χ1v) is 10.8. The highest BCUT2D eigenvalue weighted by molar-refractivity contribution is 7.17. The number of fused-ring (bicyclic) bond motifs is 1. The maximum atomic E-state index is 13.2. The second-order valence-corrected chi connectivity index (χ2v) is 8.88. The van der Waals surface area contributed by atoms with E-state index in [1.54, 1.807) is 13.8 Å². The van der Waals surface area contributed by atoms with Crippen LogP contribution in [-0.2, 0) is 27.2 Å². The first-order valence-electron chi connectivity index (χ1n) is 9.59. The summed E-state index contributed by atoms with van der Waals surface area (Å²) in [6.07, 6.45) is 1.37. The van der Waals surface area contributed by atoms with Crippen molar-refractivity contribution in [2.24, 2.45) is 5.92 Å². The minimum Gasteiger partial charge on any atom is -0.449 e. The average Bonchev–Trinajstić information content (AvgIpc) is 3.24. The van der Waals surface area contributed by atoms with Crippen molar-refractivity contribution in [1.82, 2.24) is 0 Å². The van der Waals surface area contributed by atoms with E-state index in [1.807, 2.05) is 0 Å². The number of hydrogen-bond acceptors (Lipinski definition) is 5. The fourth-order valence-corrected chi connectivity index (χ4v) is 4.56. The van der Waals surface area contributed by atoms with E-state index >= 15 is 0 Å². The van der Waals surface area contributed by atoms with Gasteiger partial charge < -0.3 is 15.4 Å². The van der Waals surface area contributed by atoms with Gasteiger partial charge in [-0.1, -0.05) is 25.4 Å². The number of anilines is 2. The Morgan fingerprint density at radius 2 is 1.87 bits per heavy atom. The molecule has 1 aromatic heterocycles. The number of thiophene rings is 1. The zero-order chi connectivity index (χ0) is 22.0. The molecule has 0 fully saturated rings. The number of rotatable bonds is 6. The van der Waals surface area contributed by atoms with E-state index in [-0.39, 0.29) is 22.5 Å². The summed E-state index contributed by atoms with van der Waals surface area (Å²) in [5.41, 5.74) is 1.41. The predicted molar refractivity (Wildman–Crippen MR) is 115 cm³/mol. The van der Waals surface area contributed by atoms with Crippen molar-refractivity contribution in [1.29, 1.82) is 0 Å². The molecule has 30 heavy (non-hydrogen) atoms. The number of hydrogen-bond donors (Lipinski definition) is 2. The Kier molecular flexibility index (Phi) is 6.77. The fraction of sp³-hybridized carbons (Fsp3) is 0.381. The monoisotopic (exact) mass is 452 g/mol. The summed E-state index contributed by atoms with van der Waals surface area (Å²) >= 11 is 7.30. The fourth-order valence-electron chi connectivity index (χ4n) is 3.06. The first kappa shape index (κ1) is 22.2. The summed E-state index contributed by atoms with van der Waals surface area (Å²) in [5.74, 6) is -2.23. The van der Waals surface area contributed by atoms with Crippen LogP contribution in [0.25, 0.3) is 0 Å². The van der Waals surface area contributed by atoms with E-state index in [2.05, 4.69) is 10.6 Å². The van der Waals surface area contributed by atoms with E-state index in [0.717, 1.165) is 41.8 Å². The van der Waals surface area contributed by atoms with Gasteiger partial charge >= 0.3 is 5.97 Å². The quantitative estimate of drug-likeness (QED) is 0.616. The first-order chi connectivity index (χ1) is 14.2. The predicted octanol–water partition coefficient (Wildman–Crippen LogP) is 4.81. The van der Waals surface area contributed by atoms with Gasteiger partial charge in [0.05, 0.1) is 16.3 Å².